The van der Waals surface area contributed by atoms with E-state index >= 15 is 0 Å². The van der Waals surface area contributed by atoms with E-state index in [2.05, 4.69) is 18.8 Å². The molecule has 0 saturated carbocycles. The lowest BCUT2D eigenvalue weighted by molar-refractivity contribution is 0.752. The Bertz CT molecular complexity index is 211. The highest BCUT2D eigenvalue weighted by atomic mass is 33.1. The quantitative estimate of drug-likeness (QED) is 0.689. The number of pyridine rings is 1. The Morgan fingerprint density at radius 3 is 2.83 bits per heavy atom. The zero-order valence-corrected chi connectivity index (χ0v) is 8.99. The predicted octanol–water partition coefficient (Wildman–Crippen LogP) is 3.48. The molecule has 66 valence electrons. The van der Waals surface area contributed by atoms with Crippen LogP contribution in [0.4, 0.5) is 0 Å². The molecule has 0 radical (unpaired) electrons. The van der Waals surface area contributed by atoms with Crippen LogP contribution in [0.2, 0.25) is 0 Å². The first kappa shape index (κ1) is 9.93. The van der Waals surface area contributed by atoms with Gasteiger partial charge in [0.1, 0.15) is 5.03 Å². The van der Waals surface area contributed by atoms with Crippen molar-refractivity contribution in [1.82, 2.24) is 4.98 Å². The Balaban J connectivity index is 2.25. The molecule has 0 saturated heterocycles. The monoisotopic (exact) mass is 199 g/mol. The van der Waals surface area contributed by atoms with Crippen LogP contribution >= 0.6 is 21.6 Å². The lowest BCUT2D eigenvalue weighted by atomic mass is 10.3. The van der Waals surface area contributed by atoms with Gasteiger partial charge >= 0.3 is 0 Å². The van der Waals surface area contributed by atoms with Gasteiger partial charge in [0.05, 0.1) is 0 Å². The third-order valence-corrected chi connectivity index (χ3v) is 3.79. The van der Waals surface area contributed by atoms with Crippen LogP contribution in [0.1, 0.15) is 13.8 Å². The lowest BCUT2D eigenvalue weighted by Crippen LogP contribution is -1.87. The van der Waals surface area contributed by atoms with Crippen molar-refractivity contribution in [2.75, 3.05) is 5.75 Å². The van der Waals surface area contributed by atoms with E-state index in [1.54, 1.807) is 10.8 Å². The SMILES string of the molecule is CC(C)CSSc1ccccn1. The van der Waals surface area contributed by atoms with Crippen LogP contribution in [0.5, 0.6) is 0 Å². The molecule has 0 unspecified atom stereocenters. The van der Waals surface area contributed by atoms with Gasteiger partial charge in [0, 0.05) is 11.9 Å². The fourth-order valence-corrected chi connectivity index (χ4v) is 3.00. The number of nitrogens with zero attached hydrogens (tertiary/aromatic N) is 1. The summed E-state index contributed by atoms with van der Waals surface area (Å²) < 4.78 is 0. The zero-order valence-electron chi connectivity index (χ0n) is 7.36. The van der Waals surface area contributed by atoms with Gasteiger partial charge in [-0.15, -0.1) is 0 Å². The molecular formula is C9H13NS2. The van der Waals surface area contributed by atoms with Gasteiger partial charge < -0.3 is 0 Å². The molecule has 1 heterocycles. The highest BCUT2D eigenvalue weighted by molar-refractivity contribution is 8.76. The van der Waals surface area contributed by atoms with Crippen molar-refractivity contribution in [1.29, 1.82) is 0 Å². The van der Waals surface area contributed by atoms with E-state index in [0.717, 1.165) is 10.9 Å². The summed E-state index contributed by atoms with van der Waals surface area (Å²) in [5.41, 5.74) is 0. The molecule has 1 aromatic heterocycles. The van der Waals surface area contributed by atoms with Crippen molar-refractivity contribution in [3.8, 4) is 0 Å². The van der Waals surface area contributed by atoms with Crippen LogP contribution in [0, 0.1) is 5.92 Å². The van der Waals surface area contributed by atoms with Crippen molar-refractivity contribution in [3.63, 3.8) is 0 Å². The summed E-state index contributed by atoms with van der Waals surface area (Å²) in [6.07, 6.45) is 1.83. The van der Waals surface area contributed by atoms with Gasteiger partial charge in [-0.2, -0.15) is 0 Å². The van der Waals surface area contributed by atoms with Crippen LogP contribution in [-0.2, 0) is 0 Å². The van der Waals surface area contributed by atoms with Crippen molar-refractivity contribution in [2.24, 2.45) is 5.92 Å². The first-order valence-electron chi connectivity index (χ1n) is 3.99. The topological polar surface area (TPSA) is 12.9 Å². The maximum absolute atomic E-state index is 4.22. The molecule has 12 heavy (non-hydrogen) atoms. The van der Waals surface area contributed by atoms with Gasteiger partial charge in [-0.05, 0) is 28.8 Å². The molecule has 0 atom stereocenters. The minimum Gasteiger partial charge on any atom is -0.249 e. The minimum absolute atomic E-state index is 0.756. The van der Waals surface area contributed by atoms with Crippen molar-refractivity contribution >= 4 is 21.6 Å². The number of rotatable bonds is 4. The fourth-order valence-electron chi connectivity index (χ4n) is 0.627. The van der Waals surface area contributed by atoms with E-state index < -0.39 is 0 Å². The van der Waals surface area contributed by atoms with E-state index in [1.807, 2.05) is 35.2 Å². The van der Waals surface area contributed by atoms with E-state index in [-0.39, 0.29) is 0 Å². The minimum atomic E-state index is 0.756. The molecule has 3 heteroatoms. The van der Waals surface area contributed by atoms with Crippen molar-refractivity contribution in [3.05, 3.63) is 24.4 Å². The standard InChI is InChI=1S/C9H13NS2/c1-8(2)7-11-12-9-5-3-4-6-10-9/h3-6,8H,7H2,1-2H3. The molecule has 0 bridgehead atoms. The van der Waals surface area contributed by atoms with E-state index in [4.69, 9.17) is 0 Å². The first-order valence-corrected chi connectivity index (χ1v) is 6.31. The largest absolute Gasteiger partial charge is 0.249 e. The van der Waals surface area contributed by atoms with Crippen molar-refractivity contribution in [2.45, 2.75) is 18.9 Å². The van der Waals surface area contributed by atoms with Gasteiger partial charge in [-0.3, -0.25) is 0 Å². The molecule has 0 aromatic carbocycles. The third-order valence-electron chi connectivity index (χ3n) is 1.18. The molecule has 0 fully saturated rings. The number of hydrogen-bond acceptors (Lipinski definition) is 3. The summed E-state index contributed by atoms with van der Waals surface area (Å²) in [7, 11) is 3.62. The highest BCUT2D eigenvalue weighted by Gasteiger charge is 1.96. The number of hydrogen-bond donors (Lipinski definition) is 0. The van der Waals surface area contributed by atoms with Gasteiger partial charge in [0.2, 0.25) is 0 Å². The Hall–Kier alpha value is -0.150. The molecule has 1 rings (SSSR count). The van der Waals surface area contributed by atoms with Gasteiger partial charge in [0.15, 0.2) is 0 Å². The van der Waals surface area contributed by atoms with Crippen LogP contribution in [0.25, 0.3) is 0 Å². The molecule has 0 aliphatic rings. The molecule has 0 aliphatic heterocycles. The third kappa shape index (κ3) is 4.02. The summed E-state index contributed by atoms with van der Waals surface area (Å²) in [4.78, 5) is 4.22. The molecule has 0 aliphatic carbocycles. The van der Waals surface area contributed by atoms with E-state index in [0.29, 0.717) is 0 Å². The lowest BCUT2D eigenvalue weighted by Gasteiger charge is -2.01. The van der Waals surface area contributed by atoms with E-state index in [9.17, 15) is 0 Å². The Morgan fingerprint density at radius 1 is 1.42 bits per heavy atom. The first-order chi connectivity index (χ1) is 5.79. The van der Waals surface area contributed by atoms with Crippen LogP contribution in [-0.4, -0.2) is 10.7 Å². The second-order valence-electron chi connectivity index (χ2n) is 2.93. The molecule has 1 nitrogen and oxygen atoms in total. The second kappa shape index (κ2) is 5.49. The predicted molar refractivity (Wildman–Crippen MR) is 57.4 cm³/mol. The van der Waals surface area contributed by atoms with Crippen LogP contribution in [0.3, 0.4) is 0 Å². The molecule has 0 N–H and O–H groups in total. The molecular weight excluding hydrogens is 186 g/mol. The zero-order chi connectivity index (χ0) is 8.81. The molecule has 0 amide bonds. The Kier molecular flexibility index (Phi) is 4.54. The van der Waals surface area contributed by atoms with Crippen LogP contribution in [0.15, 0.2) is 29.4 Å². The van der Waals surface area contributed by atoms with Gasteiger partial charge in [-0.1, -0.05) is 30.7 Å². The smallest absolute Gasteiger partial charge is 0.106 e. The molecule has 0 spiro atoms. The van der Waals surface area contributed by atoms with Crippen molar-refractivity contribution < 1.29 is 0 Å². The van der Waals surface area contributed by atoms with Gasteiger partial charge in [-0.25, -0.2) is 4.98 Å². The van der Waals surface area contributed by atoms with E-state index in [1.165, 1.54) is 5.75 Å². The molecule has 1 aromatic rings. The average Bonchev–Trinajstić information content (AvgIpc) is 2.05. The normalized spacial score (nSPS) is 10.6. The summed E-state index contributed by atoms with van der Waals surface area (Å²) in [6, 6.07) is 6.00. The number of aromatic nitrogens is 1. The summed E-state index contributed by atoms with van der Waals surface area (Å²) >= 11 is 0. The Labute approximate surface area is 81.8 Å². The van der Waals surface area contributed by atoms with Crippen LogP contribution < -0.4 is 0 Å². The van der Waals surface area contributed by atoms with Gasteiger partial charge in [0.25, 0.3) is 0 Å². The summed E-state index contributed by atoms with van der Waals surface area (Å²) in [5.74, 6) is 1.94. The fraction of sp³-hybridized carbons (Fsp3) is 0.444. The maximum atomic E-state index is 4.22. The summed E-state index contributed by atoms with van der Waals surface area (Å²) in [6.45, 7) is 4.46. The second-order valence-corrected chi connectivity index (χ2v) is 5.29. The highest BCUT2D eigenvalue weighted by Crippen LogP contribution is 2.30. The average molecular weight is 199 g/mol. The summed E-state index contributed by atoms with van der Waals surface area (Å²) in [5, 5.41) is 1.10. The maximum Gasteiger partial charge on any atom is 0.106 e. The Morgan fingerprint density at radius 2 is 2.25 bits per heavy atom.